The first-order valence-electron chi connectivity index (χ1n) is 10.1. The molecule has 0 aliphatic rings. The molecule has 0 aliphatic carbocycles. The van der Waals surface area contributed by atoms with Gasteiger partial charge in [0.1, 0.15) is 12.4 Å². The molecule has 0 heterocycles. The third-order valence-corrected chi connectivity index (χ3v) is 4.37. The van der Waals surface area contributed by atoms with Gasteiger partial charge in [0, 0.05) is 24.1 Å². The van der Waals surface area contributed by atoms with Gasteiger partial charge in [0.15, 0.2) is 0 Å². The summed E-state index contributed by atoms with van der Waals surface area (Å²) in [6.45, 7) is 5.74. The molecule has 0 aliphatic heterocycles. The Morgan fingerprint density at radius 2 is 1.81 bits per heavy atom. The van der Waals surface area contributed by atoms with E-state index in [-0.39, 0.29) is 30.1 Å². The summed E-state index contributed by atoms with van der Waals surface area (Å²) >= 11 is 0. The zero-order valence-corrected chi connectivity index (χ0v) is 18.4. The number of aliphatic carboxylic acids is 1. The van der Waals surface area contributed by atoms with E-state index < -0.39 is 12.0 Å². The topological polar surface area (TPSA) is 146 Å². The molecule has 0 saturated carbocycles. The number of carboxylic acid groups (broad SMARTS) is 1. The highest BCUT2D eigenvalue weighted by Gasteiger charge is 2.23. The van der Waals surface area contributed by atoms with E-state index in [0.29, 0.717) is 16.9 Å². The fraction of sp³-hybridized carbons (Fsp3) is 0.304. The number of hydrogen-bond donors (Lipinski definition) is 5. The van der Waals surface area contributed by atoms with Gasteiger partial charge in [0.2, 0.25) is 5.91 Å². The molecule has 32 heavy (non-hydrogen) atoms. The van der Waals surface area contributed by atoms with E-state index in [1.165, 1.54) is 6.34 Å². The van der Waals surface area contributed by atoms with Gasteiger partial charge in [-0.25, -0.2) is 15.6 Å². The largest absolute Gasteiger partial charge is 0.480 e. The number of hydrogen-bond acceptors (Lipinski definition) is 5. The Balaban J connectivity index is 2.01. The van der Waals surface area contributed by atoms with Crippen molar-refractivity contribution in [2.75, 3.05) is 5.32 Å². The number of benzene rings is 2. The number of nitrogens with one attached hydrogen (secondary N) is 3. The van der Waals surface area contributed by atoms with Crippen LogP contribution in [-0.2, 0) is 16.0 Å². The van der Waals surface area contributed by atoms with Crippen LogP contribution in [0.1, 0.15) is 43.1 Å². The van der Waals surface area contributed by atoms with Crippen LogP contribution < -0.4 is 21.9 Å². The number of carbonyl (C=O) groups excluding carboxylic acids is 2. The van der Waals surface area contributed by atoms with Crippen molar-refractivity contribution in [2.24, 2.45) is 16.3 Å². The Morgan fingerprint density at radius 1 is 1.12 bits per heavy atom. The first kappa shape index (κ1) is 24.5. The minimum atomic E-state index is -1.10. The minimum absolute atomic E-state index is 0.134. The molecule has 6 N–H and O–H groups in total. The monoisotopic (exact) mass is 439 g/mol. The first-order valence-corrected chi connectivity index (χ1v) is 10.1. The van der Waals surface area contributed by atoms with E-state index in [0.717, 1.165) is 5.56 Å². The second kappa shape index (κ2) is 11.1. The number of hydrazine groups is 1. The molecule has 170 valence electrons. The summed E-state index contributed by atoms with van der Waals surface area (Å²) in [5.41, 5.74) is 4.33. The van der Waals surface area contributed by atoms with Crippen LogP contribution in [0.4, 0.5) is 11.4 Å². The Labute approximate surface area is 187 Å². The highest BCUT2D eigenvalue weighted by Crippen LogP contribution is 2.19. The number of nitrogens with two attached hydrogens (primary N) is 1. The SMILES string of the molecule is CC(C)(C)CC(=O)N[C@@H](Cc1ccc(NC(=O)c2cccc(N=CNN)c2)cc1)C(=O)O. The van der Waals surface area contributed by atoms with Crippen molar-refractivity contribution in [3.8, 4) is 0 Å². The number of rotatable bonds is 9. The van der Waals surface area contributed by atoms with Crippen LogP contribution in [0.3, 0.4) is 0 Å². The lowest BCUT2D eigenvalue weighted by Gasteiger charge is -2.20. The summed E-state index contributed by atoms with van der Waals surface area (Å²) in [6, 6.07) is 12.5. The number of carboxylic acids is 1. The molecular weight excluding hydrogens is 410 g/mol. The van der Waals surface area contributed by atoms with Gasteiger partial charge in [-0.3, -0.25) is 9.59 Å². The Bertz CT molecular complexity index is 981. The molecule has 2 aromatic carbocycles. The number of aliphatic imine (C=N–C) groups is 1. The Morgan fingerprint density at radius 3 is 2.41 bits per heavy atom. The smallest absolute Gasteiger partial charge is 0.326 e. The number of carbonyl (C=O) groups is 3. The average molecular weight is 440 g/mol. The molecule has 1 atom stereocenters. The standard InChI is InChI=1S/C23H29N5O4/c1-23(2,3)13-20(29)28-19(22(31)32)11-15-7-9-17(10-8-15)27-21(30)16-5-4-6-18(12-16)25-14-26-24/h4-10,12,14,19H,11,13,24H2,1-3H3,(H,25,26)(H,27,30)(H,28,29)(H,31,32)/t19-/m0/s1. The molecule has 0 unspecified atom stereocenters. The van der Waals surface area contributed by atoms with Gasteiger partial charge in [-0.2, -0.15) is 0 Å². The van der Waals surface area contributed by atoms with Crippen molar-refractivity contribution in [3.05, 3.63) is 59.7 Å². The maximum absolute atomic E-state index is 12.5. The predicted octanol–water partition coefficient (Wildman–Crippen LogP) is 2.61. The molecule has 0 radical (unpaired) electrons. The molecule has 2 amide bonds. The van der Waals surface area contributed by atoms with E-state index in [1.54, 1.807) is 48.5 Å². The molecule has 0 fully saturated rings. The maximum atomic E-state index is 12.5. The highest BCUT2D eigenvalue weighted by atomic mass is 16.4. The summed E-state index contributed by atoms with van der Waals surface area (Å²) in [4.78, 5) is 40.2. The van der Waals surface area contributed by atoms with Crippen molar-refractivity contribution >= 4 is 35.5 Å². The van der Waals surface area contributed by atoms with Gasteiger partial charge in [-0.1, -0.05) is 39.0 Å². The lowest BCUT2D eigenvalue weighted by atomic mass is 9.91. The Hall–Kier alpha value is -3.72. The average Bonchev–Trinajstić information content (AvgIpc) is 2.72. The van der Waals surface area contributed by atoms with Crippen molar-refractivity contribution in [1.82, 2.24) is 10.7 Å². The van der Waals surface area contributed by atoms with Crippen molar-refractivity contribution in [1.29, 1.82) is 0 Å². The summed E-state index contributed by atoms with van der Waals surface area (Å²) in [5, 5.41) is 14.8. The van der Waals surface area contributed by atoms with E-state index in [4.69, 9.17) is 5.84 Å². The normalized spacial score (nSPS) is 12.2. The van der Waals surface area contributed by atoms with Crippen molar-refractivity contribution < 1.29 is 19.5 Å². The minimum Gasteiger partial charge on any atom is -0.480 e. The number of nitrogens with zero attached hydrogens (tertiary/aromatic N) is 1. The van der Waals surface area contributed by atoms with Gasteiger partial charge in [0.25, 0.3) is 5.91 Å². The fourth-order valence-corrected chi connectivity index (χ4v) is 2.93. The van der Waals surface area contributed by atoms with Gasteiger partial charge in [0.05, 0.1) is 5.69 Å². The third kappa shape index (κ3) is 8.19. The molecule has 9 nitrogen and oxygen atoms in total. The molecule has 2 aromatic rings. The Kier molecular flexibility index (Phi) is 8.48. The van der Waals surface area contributed by atoms with E-state index >= 15 is 0 Å². The van der Waals surface area contributed by atoms with Crippen LogP contribution in [0.25, 0.3) is 0 Å². The van der Waals surface area contributed by atoms with Crippen LogP contribution in [-0.4, -0.2) is 35.3 Å². The maximum Gasteiger partial charge on any atom is 0.326 e. The van der Waals surface area contributed by atoms with Gasteiger partial charge < -0.3 is 21.2 Å². The summed E-state index contributed by atoms with van der Waals surface area (Å²) < 4.78 is 0. The molecular formula is C23H29N5O4. The van der Waals surface area contributed by atoms with Crippen LogP contribution in [0.2, 0.25) is 0 Å². The predicted molar refractivity (Wildman–Crippen MR) is 124 cm³/mol. The zero-order chi connectivity index (χ0) is 23.7. The summed E-state index contributed by atoms with van der Waals surface area (Å²) in [7, 11) is 0. The second-order valence-corrected chi connectivity index (χ2v) is 8.53. The molecule has 9 heteroatoms. The quantitative estimate of drug-likeness (QED) is 0.176. The zero-order valence-electron chi connectivity index (χ0n) is 18.4. The van der Waals surface area contributed by atoms with E-state index in [2.05, 4.69) is 21.1 Å². The summed E-state index contributed by atoms with van der Waals surface area (Å²) in [5.74, 6) is 3.44. The van der Waals surface area contributed by atoms with Crippen molar-refractivity contribution in [3.63, 3.8) is 0 Å². The van der Waals surface area contributed by atoms with E-state index in [1.807, 2.05) is 20.8 Å². The summed E-state index contributed by atoms with van der Waals surface area (Å²) in [6.07, 6.45) is 1.68. The van der Waals surface area contributed by atoms with Gasteiger partial charge in [-0.05, 0) is 41.3 Å². The second-order valence-electron chi connectivity index (χ2n) is 8.53. The van der Waals surface area contributed by atoms with Gasteiger partial charge >= 0.3 is 5.97 Å². The first-order chi connectivity index (χ1) is 15.1. The highest BCUT2D eigenvalue weighted by molar-refractivity contribution is 6.04. The van der Waals surface area contributed by atoms with Crippen LogP contribution in [0.15, 0.2) is 53.5 Å². The molecule has 0 saturated heterocycles. The lowest BCUT2D eigenvalue weighted by Crippen LogP contribution is -2.43. The van der Waals surface area contributed by atoms with Crippen molar-refractivity contribution in [2.45, 2.75) is 39.7 Å². The van der Waals surface area contributed by atoms with Gasteiger partial charge in [-0.15, -0.1) is 0 Å². The third-order valence-electron chi connectivity index (χ3n) is 4.37. The molecule has 0 spiro atoms. The molecule has 0 aromatic heterocycles. The van der Waals surface area contributed by atoms with Crippen LogP contribution in [0, 0.1) is 5.41 Å². The molecule has 2 rings (SSSR count). The number of amides is 2. The van der Waals surface area contributed by atoms with Crippen LogP contribution in [0.5, 0.6) is 0 Å². The lowest BCUT2D eigenvalue weighted by molar-refractivity contribution is -0.142. The van der Waals surface area contributed by atoms with E-state index in [9.17, 15) is 19.5 Å². The molecule has 0 bridgehead atoms. The number of anilines is 1. The van der Waals surface area contributed by atoms with Crippen LogP contribution >= 0.6 is 0 Å². The fourth-order valence-electron chi connectivity index (χ4n) is 2.93.